The van der Waals surface area contributed by atoms with Gasteiger partial charge in [0.2, 0.25) is 0 Å². The van der Waals surface area contributed by atoms with Gasteiger partial charge in [-0.15, -0.1) is 7.92 Å². The molecule has 2 atom stereocenters. The van der Waals surface area contributed by atoms with Gasteiger partial charge in [0.05, 0.1) is 0 Å². The van der Waals surface area contributed by atoms with Crippen molar-refractivity contribution in [2.75, 3.05) is 19.5 Å². The van der Waals surface area contributed by atoms with Crippen LogP contribution in [0.2, 0.25) is 5.82 Å². The molecule has 0 bridgehead atoms. The molecular formula is C9H20BP. The van der Waals surface area contributed by atoms with Gasteiger partial charge in [0.15, 0.2) is 0 Å². The third-order valence-electron chi connectivity index (χ3n) is 2.79. The Hall–Kier alpha value is 0.495. The number of hydrogen-bond donors (Lipinski definition) is 0. The SMILES string of the molecule is BC1CCC(CCP(C)C)C1. The summed E-state index contributed by atoms with van der Waals surface area (Å²) in [7, 11) is 2.77. The highest BCUT2D eigenvalue weighted by Crippen LogP contribution is 2.37. The highest BCUT2D eigenvalue weighted by Gasteiger charge is 2.20. The average Bonchev–Trinajstić information content (AvgIpc) is 2.31. The van der Waals surface area contributed by atoms with Crippen LogP contribution in [0.1, 0.15) is 25.7 Å². The normalized spacial score (nSPS) is 31.5. The Morgan fingerprint density at radius 2 is 2.09 bits per heavy atom. The first kappa shape index (κ1) is 9.58. The molecule has 2 heteroatoms. The van der Waals surface area contributed by atoms with Crippen LogP contribution in [0.5, 0.6) is 0 Å². The van der Waals surface area contributed by atoms with Crippen molar-refractivity contribution in [3.63, 3.8) is 0 Å². The van der Waals surface area contributed by atoms with Crippen molar-refractivity contribution in [1.29, 1.82) is 0 Å². The molecule has 0 radical (unpaired) electrons. The minimum Gasteiger partial charge on any atom is -0.113 e. The van der Waals surface area contributed by atoms with Crippen LogP contribution in [0.15, 0.2) is 0 Å². The summed E-state index contributed by atoms with van der Waals surface area (Å²) in [5, 5.41) is 0. The van der Waals surface area contributed by atoms with Crippen LogP contribution >= 0.6 is 7.92 Å². The monoisotopic (exact) mass is 170 g/mol. The molecule has 0 spiro atoms. The summed E-state index contributed by atoms with van der Waals surface area (Å²) in [6.07, 6.45) is 7.55. The Morgan fingerprint density at radius 3 is 2.55 bits per heavy atom. The van der Waals surface area contributed by atoms with Crippen LogP contribution in [0.4, 0.5) is 0 Å². The number of hydrogen-bond acceptors (Lipinski definition) is 0. The van der Waals surface area contributed by atoms with E-state index in [1.165, 1.54) is 31.8 Å². The van der Waals surface area contributed by atoms with Crippen molar-refractivity contribution >= 4 is 15.8 Å². The summed E-state index contributed by atoms with van der Waals surface area (Å²) in [4.78, 5) is 0. The van der Waals surface area contributed by atoms with E-state index < -0.39 is 0 Å². The Labute approximate surface area is 73.3 Å². The van der Waals surface area contributed by atoms with Crippen molar-refractivity contribution in [2.24, 2.45) is 5.92 Å². The summed E-state index contributed by atoms with van der Waals surface area (Å²) < 4.78 is 0. The smallest absolute Gasteiger partial charge is 0.105 e. The zero-order chi connectivity index (χ0) is 8.27. The molecule has 0 saturated heterocycles. The van der Waals surface area contributed by atoms with E-state index in [9.17, 15) is 0 Å². The fourth-order valence-electron chi connectivity index (χ4n) is 2.03. The first-order valence-electron chi connectivity index (χ1n) is 4.83. The molecule has 64 valence electrons. The second-order valence-corrected chi connectivity index (χ2v) is 6.98. The summed E-state index contributed by atoms with van der Waals surface area (Å²) in [6.45, 7) is 4.79. The summed E-state index contributed by atoms with van der Waals surface area (Å²) in [6, 6.07) is 0. The standard InChI is InChI=1S/C9H20BP/c1-11(2)6-5-8-3-4-9(10)7-8/h8-9H,3-7,10H2,1-2H3. The first-order valence-corrected chi connectivity index (χ1v) is 7.25. The van der Waals surface area contributed by atoms with Crippen molar-refractivity contribution in [3.05, 3.63) is 0 Å². The van der Waals surface area contributed by atoms with Gasteiger partial charge in [0, 0.05) is 0 Å². The summed E-state index contributed by atoms with van der Waals surface area (Å²) >= 11 is 0. The molecule has 1 fully saturated rings. The predicted octanol–water partition coefficient (Wildman–Crippen LogP) is 2.34. The van der Waals surface area contributed by atoms with Gasteiger partial charge in [-0.25, -0.2) is 0 Å². The van der Waals surface area contributed by atoms with Gasteiger partial charge in [-0.2, -0.15) is 0 Å². The molecule has 1 saturated carbocycles. The van der Waals surface area contributed by atoms with Gasteiger partial charge in [-0.1, -0.05) is 25.1 Å². The van der Waals surface area contributed by atoms with Gasteiger partial charge >= 0.3 is 0 Å². The quantitative estimate of drug-likeness (QED) is 0.450. The van der Waals surface area contributed by atoms with Crippen LogP contribution in [-0.2, 0) is 0 Å². The zero-order valence-electron chi connectivity index (χ0n) is 8.14. The Bertz CT molecular complexity index is 114. The van der Waals surface area contributed by atoms with Crippen LogP contribution < -0.4 is 0 Å². The molecule has 11 heavy (non-hydrogen) atoms. The zero-order valence-corrected chi connectivity index (χ0v) is 9.03. The molecule has 0 heterocycles. The minimum absolute atomic E-state index is 0.369. The van der Waals surface area contributed by atoms with Gasteiger partial charge in [-0.3, -0.25) is 0 Å². The maximum Gasteiger partial charge on any atom is 0.105 e. The van der Waals surface area contributed by atoms with Gasteiger partial charge in [-0.05, 0) is 31.8 Å². The molecule has 0 aromatic carbocycles. The van der Waals surface area contributed by atoms with Crippen LogP contribution in [0.25, 0.3) is 0 Å². The van der Waals surface area contributed by atoms with Gasteiger partial charge < -0.3 is 0 Å². The molecule has 0 aromatic rings. The Kier molecular flexibility index (Phi) is 3.92. The topological polar surface area (TPSA) is 0 Å². The third-order valence-corrected chi connectivity index (χ3v) is 3.94. The molecule has 0 aromatic heterocycles. The molecule has 2 unspecified atom stereocenters. The van der Waals surface area contributed by atoms with Crippen LogP contribution in [0.3, 0.4) is 0 Å². The van der Waals surface area contributed by atoms with E-state index in [2.05, 4.69) is 21.2 Å². The van der Waals surface area contributed by atoms with Crippen molar-refractivity contribution in [2.45, 2.75) is 31.5 Å². The molecule has 1 aliphatic carbocycles. The van der Waals surface area contributed by atoms with Gasteiger partial charge in [0.1, 0.15) is 7.85 Å². The molecule has 1 rings (SSSR count). The Balaban J connectivity index is 2.08. The van der Waals surface area contributed by atoms with E-state index in [1.807, 2.05) is 0 Å². The van der Waals surface area contributed by atoms with E-state index in [1.54, 1.807) is 0 Å². The fourth-order valence-corrected chi connectivity index (χ4v) is 2.91. The second kappa shape index (κ2) is 4.50. The largest absolute Gasteiger partial charge is 0.113 e. The lowest BCUT2D eigenvalue weighted by molar-refractivity contribution is 0.534. The average molecular weight is 170 g/mol. The maximum absolute atomic E-state index is 2.40. The lowest BCUT2D eigenvalue weighted by Gasteiger charge is -2.11. The molecular weight excluding hydrogens is 150 g/mol. The van der Waals surface area contributed by atoms with E-state index in [-0.39, 0.29) is 0 Å². The van der Waals surface area contributed by atoms with E-state index in [0.29, 0.717) is 7.92 Å². The second-order valence-electron chi connectivity index (χ2n) is 4.38. The van der Waals surface area contributed by atoms with E-state index in [4.69, 9.17) is 0 Å². The Morgan fingerprint density at radius 1 is 1.36 bits per heavy atom. The molecule has 0 N–H and O–H groups in total. The number of rotatable bonds is 3. The van der Waals surface area contributed by atoms with Crippen molar-refractivity contribution < 1.29 is 0 Å². The molecule has 0 aliphatic heterocycles. The molecule has 1 aliphatic rings. The molecule has 0 amide bonds. The van der Waals surface area contributed by atoms with E-state index in [0.717, 1.165) is 11.7 Å². The van der Waals surface area contributed by atoms with Crippen LogP contribution in [-0.4, -0.2) is 27.3 Å². The molecule has 0 nitrogen and oxygen atoms in total. The van der Waals surface area contributed by atoms with E-state index >= 15 is 0 Å². The van der Waals surface area contributed by atoms with Crippen molar-refractivity contribution in [3.8, 4) is 0 Å². The van der Waals surface area contributed by atoms with Gasteiger partial charge in [0.25, 0.3) is 0 Å². The lowest BCUT2D eigenvalue weighted by Crippen LogP contribution is -1.96. The lowest BCUT2D eigenvalue weighted by atomic mass is 9.85. The summed E-state index contributed by atoms with van der Waals surface area (Å²) in [5.41, 5.74) is 0. The maximum atomic E-state index is 2.40. The third kappa shape index (κ3) is 3.60. The fraction of sp³-hybridized carbons (Fsp3) is 1.00. The van der Waals surface area contributed by atoms with Crippen molar-refractivity contribution in [1.82, 2.24) is 0 Å². The minimum atomic E-state index is 0.369. The summed E-state index contributed by atoms with van der Waals surface area (Å²) in [5.74, 6) is 2.12. The van der Waals surface area contributed by atoms with Crippen LogP contribution in [0, 0.1) is 5.92 Å². The predicted molar refractivity (Wildman–Crippen MR) is 57.9 cm³/mol. The first-order chi connectivity index (χ1) is 5.18. The highest BCUT2D eigenvalue weighted by molar-refractivity contribution is 7.55. The highest BCUT2D eigenvalue weighted by atomic mass is 31.1.